The monoisotopic (exact) mass is 343 g/mol. The van der Waals surface area contributed by atoms with Crippen LogP contribution in [0.2, 0.25) is 5.02 Å². The van der Waals surface area contributed by atoms with Crippen molar-refractivity contribution in [1.29, 1.82) is 0 Å². The summed E-state index contributed by atoms with van der Waals surface area (Å²) < 4.78 is 2.75. The van der Waals surface area contributed by atoms with Crippen LogP contribution in [0.5, 0.6) is 0 Å². The van der Waals surface area contributed by atoms with E-state index in [4.69, 9.17) is 11.6 Å². The summed E-state index contributed by atoms with van der Waals surface area (Å²) >= 11 is 9.58. The standard InChI is InChI=1S/C13H15BrClN3O/c1-3-10-13(14)11(18(2)17-10)6-12(19)8-4-5-16-7-9(8)15/h4-5,7,12,19H,3,6H2,1-2H3. The minimum absolute atomic E-state index is 0.452. The van der Waals surface area contributed by atoms with Gasteiger partial charge in [0, 0.05) is 31.4 Å². The predicted octanol–water partition coefficient (Wildman–Crippen LogP) is 3.07. The Labute approximate surface area is 125 Å². The summed E-state index contributed by atoms with van der Waals surface area (Å²) in [6.45, 7) is 2.05. The van der Waals surface area contributed by atoms with Crippen LogP contribution in [0.1, 0.15) is 30.0 Å². The molecule has 1 N–H and O–H groups in total. The molecule has 1 atom stereocenters. The highest BCUT2D eigenvalue weighted by Gasteiger charge is 2.18. The smallest absolute Gasteiger partial charge is 0.0861 e. The molecule has 1 unspecified atom stereocenters. The number of aliphatic hydroxyl groups is 1. The molecule has 0 radical (unpaired) electrons. The molecule has 0 aliphatic carbocycles. The van der Waals surface area contributed by atoms with Crippen molar-refractivity contribution in [3.8, 4) is 0 Å². The number of hydrogen-bond acceptors (Lipinski definition) is 3. The van der Waals surface area contributed by atoms with Gasteiger partial charge in [-0.2, -0.15) is 5.10 Å². The van der Waals surface area contributed by atoms with Crippen molar-refractivity contribution in [1.82, 2.24) is 14.8 Å². The van der Waals surface area contributed by atoms with E-state index in [1.807, 2.05) is 14.0 Å². The number of aliphatic hydroxyl groups excluding tert-OH is 1. The number of halogens is 2. The molecule has 0 aliphatic rings. The third-order valence-electron chi connectivity index (χ3n) is 3.05. The normalized spacial score (nSPS) is 12.7. The van der Waals surface area contributed by atoms with Crippen LogP contribution in [0, 0.1) is 0 Å². The second-order valence-corrected chi connectivity index (χ2v) is 5.50. The van der Waals surface area contributed by atoms with Crippen LogP contribution >= 0.6 is 27.5 Å². The van der Waals surface area contributed by atoms with Crippen LogP contribution in [-0.2, 0) is 19.9 Å². The Balaban J connectivity index is 2.27. The Kier molecular flexibility index (Phi) is 4.60. The minimum atomic E-state index is -0.674. The first-order valence-corrected chi connectivity index (χ1v) is 7.19. The molecule has 0 aliphatic heterocycles. The Morgan fingerprint density at radius 2 is 2.26 bits per heavy atom. The largest absolute Gasteiger partial charge is 0.388 e. The van der Waals surface area contributed by atoms with E-state index in [2.05, 4.69) is 26.0 Å². The molecule has 0 amide bonds. The fourth-order valence-electron chi connectivity index (χ4n) is 1.99. The van der Waals surface area contributed by atoms with Crippen molar-refractivity contribution in [2.24, 2.45) is 7.05 Å². The van der Waals surface area contributed by atoms with E-state index in [0.29, 0.717) is 17.0 Å². The van der Waals surface area contributed by atoms with Crippen LogP contribution in [0.15, 0.2) is 22.9 Å². The zero-order chi connectivity index (χ0) is 14.0. The maximum absolute atomic E-state index is 10.3. The molecule has 2 heterocycles. The maximum Gasteiger partial charge on any atom is 0.0861 e. The Bertz CT molecular complexity index is 585. The molecule has 0 bridgehead atoms. The number of nitrogens with zero attached hydrogens (tertiary/aromatic N) is 3. The van der Waals surface area contributed by atoms with Gasteiger partial charge in [0.25, 0.3) is 0 Å². The van der Waals surface area contributed by atoms with Gasteiger partial charge < -0.3 is 5.11 Å². The summed E-state index contributed by atoms with van der Waals surface area (Å²) in [4.78, 5) is 3.92. The topological polar surface area (TPSA) is 50.9 Å². The van der Waals surface area contributed by atoms with Gasteiger partial charge in [-0.3, -0.25) is 9.67 Å². The molecular formula is C13H15BrClN3O. The van der Waals surface area contributed by atoms with E-state index in [-0.39, 0.29) is 0 Å². The first-order valence-electron chi connectivity index (χ1n) is 6.02. The molecule has 2 aromatic rings. The van der Waals surface area contributed by atoms with Gasteiger partial charge in [0.15, 0.2) is 0 Å². The van der Waals surface area contributed by atoms with Gasteiger partial charge in [0.1, 0.15) is 0 Å². The second-order valence-electron chi connectivity index (χ2n) is 4.30. The maximum atomic E-state index is 10.3. The molecule has 0 fully saturated rings. The first kappa shape index (κ1) is 14.5. The van der Waals surface area contributed by atoms with Crippen LogP contribution in [0.4, 0.5) is 0 Å². The van der Waals surface area contributed by atoms with E-state index < -0.39 is 6.10 Å². The van der Waals surface area contributed by atoms with Gasteiger partial charge in [0.05, 0.1) is 27.0 Å². The van der Waals surface area contributed by atoms with Crippen molar-refractivity contribution >= 4 is 27.5 Å². The Morgan fingerprint density at radius 1 is 1.53 bits per heavy atom. The zero-order valence-corrected chi connectivity index (χ0v) is 13.1. The Hall–Kier alpha value is -0.910. The third kappa shape index (κ3) is 2.99. The van der Waals surface area contributed by atoms with Gasteiger partial charge in [0.2, 0.25) is 0 Å². The summed E-state index contributed by atoms with van der Waals surface area (Å²) in [7, 11) is 1.88. The van der Waals surface area contributed by atoms with Crippen LogP contribution in [0.25, 0.3) is 0 Å². The van der Waals surface area contributed by atoms with Gasteiger partial charge in [-0.15, -0.1) is 0 Å². The van der Waals surface area contributed by atoms with Crippen molar-refractivity contribution in [3.05, 3.63) is 44.9 Å². The lowest BCUT2D eigenvalue weighted by molar-refractivity contribution is 0.175. The number of aryl methyl sites for hydroxylation is 2. The number of aromatic nitrogens is 3. The SMILES string of the molecule is CCc1nn(C)c(CC(O)c2ccncc2Cl)c1Br. The lowest BCUT2D eigenvalue weighted by Crippen LogP contribution is -2.07. The Morgan fingerprint density at radius 3 is 2.84 bits per heavy atom. The number of hydrogen-bond donors (Lipinski definition) is 1. The van der Waals surface area contributed by atoms with Crippen LogP contribution < -0.4 is 0 Å². The molecule has 0 aromatic carbocycles. The van der Waals surface area contributed by atoms with Crippen molar-refractivity contribution in [3.63, 3.8) is 0 Å². The van der Waals surface area contributed by atoms with Gasteiger partial charge in [-0.25, -0.2) is 0 Å². The van der Waals surface area contributed by atoms with E-state index >= 15 is 0 Å². The molecule has 0 spiro atoms. The highest BCUT2D eigenvalue weighted by molar-refractivity contribution is 9.10. The van der Waals surface area contributed by atoms with Crippen LogP contribution in [-0.4, -0.2) is 19.9 Å². The molecule has 102 valence electrons. The summed E-state index contributed by atoms with van der Waals surface area (Å²) in [5.41, 5.74) is 2.63. The molecule has 0 saturated heterocycles. The average molecular weight is 345 g/mol. The molecule has 0 saturated carbocycles. The molecular weight excluding hydrogens is 330 g/mol. The quantitative estimate of drug-likeness (QED) is 0.927. The van der Waals surface area contributed by atoms with Gasteiger partial charge >= 0.3 is 0 Å². The fourth-order valence-corrected chi connectivity index (χ4v) is 3.01. The third-order valence-corrected chi connectivity index (χ3v) is 4.28. The summed E-state index contributed by atoms with van der Waals surface area (Å²) in [6.07, 6.45) is 3.79. The molecule has 6 heteroatoms. The molecule has 2 rings (SSSR count). The lowest BCUT2D eigenvalue weighted by atomic mass is 10.1. The first-order chi connectivity index (χ1) is 9.04. The highest BCUT2D eigenvalue weighted by atomic mass is 79.9. The van der Waals surface area contributed by atoms with E-state index in [9.17, 15) is 5.11 Å². The molecule has 19 heavy (non-hydrogen) atoms. The van der Waals surface area contributed by atoms with E-state index in [1.165, 1.54) is 6.20 Å². The van der Waals surface area contributed by atoms with E-state index in [0.717, 1.165) is 22.3 Å². The molecule has 4 nitrogen and oxygen atoms in total. The summed E-state index contributed by atoms with van der Waals surface area (Å²) in [5, 5.41) is 15.2. The van der Waals surface area contributed by atoms with Crippen LogP contribution in [0.3, 0.4) is 0 Å². The minimum Gasteiger partial charge on any atom is -0.388 e. The van der Waals surface area contributed by atoms with Crippen molar-refractivity contribution in [2.45, 2.75) is 25.9 Å². The van der Waals surface area contributed by atoms with E-state index in [1.54, 1.807) is 16.9 Å². The lowest BCUT2D eigenvalue weighted by Gasteiger charge is -2.12. The van der Waals surface area contributed by atoms with Gasteiger partial charge in [-0.05, 0) is 28.4 Å². The highest BCUT2D eigenvalue weighted by Crippen LogP contribution is 2.29. The average Bonchev–Trinajstić information content (AvgIpc) is 2.66. The van der Waals surface area contributed by atoms with Crippen molar-refractivity contribution in [2.75, 3.05) is 0 Å². The fraction of sp³-hybridized carbons (Fsp3) is 0.385. The summed E-state index contributed by atoms with van der Waals surface area (Å²) in [6, 6.07) is 1.73. The molecule has 2 aromatic heterocycles. The summed E-state index contributed by atoms with van der Waals surface area (Å²) in [5.74, 6) is 0. The van der Waals surface area contributed by atoms with Gasteiger partial charge in [-0.1, -0.05) is 18.5 Å². The second kappa shape index (κ2) is 6.03. The number of rotatable bonds is 4. The zero-order valence-electron chi connectivity index (χ0n) is 10.8. The predicted molar refractivity (Wildman–Crippen MR) is 78.2 cm³/mol. The number of pyridine rings is 1. The van der Waals surface area contributed by atoms with Crippen molar-refractivity contribution < 1.29 is 5.11 Å².